The third kappa shape index (κ3) is 3.22. The van der Waals surface area contributed by atoms with Crippen LogP contribution < -0.4 is 10.6 Å². The Kier molecular flexibility index (Phi) is 4.61. The highest BCUT2D eigenvalue weighted by Gasteiger charge is 2.36. The van der Waals surface area contributed by atoms with Crippen LogP contribution in [0.5, 0.6) is 0 Å². The molecule has 0 spiro atoms. The first kappa shape index (κ1) is 15.9. The molecule has 2 heterocycles. The molecule has 2 aromatic rings. The second-order valence-corrected chi connectivity index (χ2v) is 6.27. The lowest BCUT2D eigenvalue weighted by atomic mass is 9.99. The molecule has 1 aliphatic rings. The Labute approximate surface area is 137 Å². The molecule has 2 aromatic heterocycles. The number of pyridine rings is 1. The molecule has 23 heavy (non-hydrogen) atoms. The van der Waals surface area contributed by atoms with Crippen LogP contribution in [-0.2, 0) is 5.54 Å². The quantitative estimate of drug-likeness (QED) is 0.882. The molecule has 0 aromatic carbocycles. The summed E-state index contributed by atoms with van der Waals surface area (Å²) in [7, 11) is 0. The smallest absolute Gasteiger partial charge is 0.259 e. The Morgan fingerprint density at radius 3 is 2.65 bits per heavy atom. The van der Waals surface area contributed by atoms with Gasteiger partial charge in [-0.2, -0.15) is 4.98 Å². The van der Waals surface area contributed by atoms with E-state index in [1.807, 2.05) is 12.1 Å². The highest BCUT2D eigenvalue weighted by Crippen LogP contribution is 2.35. The van der Waals surface area contributed by atoms with Crippen LogP contribution in [0.25, 0.3) is 11.5 Å². The molecule has 1 saturated carbocycles. The maximum atomic E-state index is 6.38. The van der Waals surface area contributed by atoms with Crippen molar-refractivity contribution in [3.8, 4) is 11.5 Å². The van der Waals surface area contributed by atoms with Gasteiger partial charge in [0.1, 0.15) is 5.82 Å². The van der Waals surface area contributed by atoms with Gasteiger partial charge in [0.05, 0.1) is 11.1 Å². The van der Waals surface area contributed by atoms with Crippen molar-refractivity contribution >= 4 is 5.82 Å². The first-order valence-corrected chi connectivity index (χ1v) is 8.50. The predicted molar refractivity (Wildman–Crippen MR) is 90.0 cm³/mol. The van der Waals surface area contributed by atoms with Gasteiger partial charge >= 0.3 is 0 Å². The van der Waals surface area contributed by atoms with E-state index in [9.17, 15) is 0 Å². The lowest BCUT2D eigenvalue weighted by Gasteiger charge is -2.20. The van der Waals surface area contributed by atoms with Crippen molar-refractivity contribution in [2.45, 2.75) is 51.5 Å². The van der Waals surface area contributed by atoms with Crippen molar-refractivity contribution in [3.63, 3.8) is 0 Å². The number of rotatable bonds is 6. The van der Waals surface area contributed by atoms with Crippen LogP contribution in [-0.4, -0.2) is 28.2 Å². The zero-order valence-corrected chi connectivity index (χ0v) is 14.0. The fourth-order valence-corrected chi connectivity index (χ4v) is 3.18. The van der Waals surface area contributed by atoms with E-state index < -0.39 is 5.54 Å². The summed E-state index contributed by atoms with van der Waals surface area (Å²) in [6, 6.07) is 3.99. The molecule has 3 rings (SSSR count). The van der Waals surface area contributed by atoms with Gasteiger partial charge in [0.2, 0.25) is 0 Å². The zero-order valence-electron chi connectivity index (χ0n) is 14.0. The average molecular weight is 315 g/mol. The van der Waals surface area contributed by atoms with E-state index in [0.29, 0.717) is 11.7 Å². The summed E-state index contributed by atoms with van der Waals surface area (Å²) >= 11 is 0. The normalized spacial score (nSPS) is 16.7. The summed E-state index contributed by atoms with van der Waals surface area (Å²) in [5.41, 5.74) is 6.79. The third-order valence-electron chi connectivity index (χ3n) is 4.56. The van der Waals surface area contributed by atoms with Crippen LogP contribution in [0.1, 0.15) is 51.8 Å². The molecule has 0 atom stereocenters. The minimum absolute atomic E-state index is 0.421. The summed E-state index contributed by atoms with van der Waals surface area (Å²) in [6.07, 6.45) is 6.99. The van der Waals surface area contributed by atoms with Gasteiger partial charge in [0, 0.05) is 19.3 Å². The third-order valence-corrected chi connectivity index (χ3v) is 4.56. The topological polar surface area (TPSA) is 81.1 Å². The molecule has 1 fully saturated rings. The standard InChI is InChI=1S/C17H25N5O/c1-3-11-22(4-2)14-8-7-13(12-19-14)15-20-16(21-23-15)17(18)9-5-6-10-17/h7-8,12H,3-6,9-11,18H2,1-2H3. The monoisotopic (exact) mass is 315 g/mol. The Bertz CT molecular complexity index is 631. The van der Waals surface area contributed by atoms with E-state index in [-0.39, 0.29) is 0 Å². The van der Waals surface area contributed by atoms with E-state index in [4.69, 9.17) is 10.3 Å². The molecule has 0 unspecified atom stereocenters. The largest absolute Gasteiger partial charge is 0.357 e. The molecular weight excluding hydrogens is 290 g/mol. The average Bonchev–Trinajstić information content (AvgIpc) is 3.23. The summed E-state index contributed by atoms with van der Waals surface area (Å²) in [5, 5.41) is 4.10. The van der Waals surface area contributed by atoms with Gasteiger partial charge in [0.25, 0.3) is 5.89 Å². The number of hydrogen-bond acceptors (Lipinski definition) is 6. The van der Waals surface area contributed by atoms with E-state index in [1.165, 1.54) is 0 Å². The van der Waals surface area contributed by atoms with Crippen molar-refractivity contribution in [2.75, 3.05) is 18.0 Å². The number of anilines is 1. The van der Waals surface area contributed by atoms with Crippen LogP contribution in [0.2, 0.25) is 0 Å². The lowest BCUT2D eigenvalue weighted by Crippen LogP contribution is -2.34. The van der Waals surface area contributed by atoms with E-state index in [0.717, 1.165) is 56.6 Å². The molecule has 0 saturated heterocycles. The Hall–Kier alpha value is -1.95. The van der Waals surface area contributed by atoms with Gasteiger partial charge in [0.15, 0.2) is 5.82 Å². The van der Waals surface area contributed by atoms with Gasteiger partial charge in [-0.25, -0.2) is 4.98 Å². The maximum Gasteiger partial charge on any atom is 0.259 e. The molecule has 124 valence electrons. The minimum atomic E-state index is -0.421. The van der Waals surface area contributed by atoms with Gasteiger partial charge in [-0.3, -0.25) is 0 Å². The SMILES string of the molecule is CCCN(CC)c1ccc(-c2nc(C3(N)CCCC3)no2)cn1. The van der Waals surface area contributed by atoms with E-state index in [2.05, 4.69) is 33.9 Å². The lowest BCUT2D eigenvalue weighted by molar-refractivity contribution is 0.372. The number of aromatic nitrogens is 3. The van der Waals surface area contributed by atoms with Gasteiger partial charge < -0.3 is 15.2 Å². The van der Waals surface area contributed by atoms with Gasteiger partial charge in [-0.15, -0.1) is 0 Å². The second kappa shape index (κ2) is 6.66. The number of nitrogens with zero attached hydrogens (tertiary/aromatic N) is 4. The number of hydrogen-bond donors (Lipinski definition) is 1. The Morgan fingerprint density at radius 1 is 1.26 bits per heavy atom. The van der Waals surface area contributed by atoms with Crippen LogP contribution in [0.3, 0.4) is 0 Å². The predicted octanol–water partition coefficient (Wildman–Crippen LogP) is 3.10. The van der Waals surface area contributed by atoms with Crippen molar-refractivity contribution in [1.82, 2.24) is 15.1 Å². The molecule has 6 heteroatoms. The number of nitrogens with two attached hydrogens (primary N) is 1. The molecule has 0 radical (unpaired) electrons. The van der Waals surface area contributed by atoms with Gasteiger partial charge in [-0.1, -0.05) is 24.9 Å². The molecule has 2 N–H and O–H groups in total. The highest BCUT2D eigenvalue weighted by molar-refractivity contribution is 5.54. The first-order valence-electron chi connectivity index (χ1n) is 8.50. The van der Waals surface area contributed by atoms with Crippen molar-refractivity contribution < 1.29 is 4.52 Å². The molecule has 0 amide bonds. The highest BCUT2D eigenvalue weighted by atomic mass is 16.5. The maximum absolute atomic E-state index is 6.38. The van der Waals surface area contributed by atoms with Crippen LogP contribution in [0, 0.1) is 0 Å². The molecule has 6 nitrogen and oxygen atoms in total. The molecule has 0 aliphatic heterocycles. The summed E-state index contributed by atoms with van der Waals surface area (Å²) < 4.78 is 5.41. The fourth-order valence-electron chi connectivity index (χ4n) is 3.18. The van der Waals surface area contributed by atoms with Crippen LogP contribution >= 0.6 is 0 Å². The van der Waals surface area contributed by atoms with Gasteiger partial charge in [-0.05, 0) is 38.3 Å². The van der Waals surface area contributed by atoms with E-state index in [1.54, 1.807) is 6.20 Å². The first-order chi connectivity index (χ1) is 11.2. The summed E-state index contributed by atoms with van der Waals surface area (Å²) in [5.74, 6) is 2.09. The Morgan fingerprint density at radius 2 is 2.04 bits per heavy atom. The molecular formula is C17H25N5O. The molecule has 1 aliphatic carbocycles. The minimum Gasteiger partial charge on any atom is -0.357 e. The fraction of sp³-hybridized carbons (Fsp3) is 0.588. The van der Waals surface area contributed by atoms with Crippen molar-refractivity contribution in [2.24, 2.45) is 5.73 Å². The van der Waals surface area contributed by atoms with Crippen molar-refractivity contribution in [1.29, 1.82) is 0 Å². The molecule has 0 bridgehead atoms. The van der Waals surface area contributed by atoms with E-state index >= 15 is 0 Å². The zero-order chi connectivity index (χ0) is 16.3. The van der Waals surface area contributed by atoms with Crippen molar-refractivity contribution in [3.05, 3.63) is 24.2 Å². The summed E-state index contributed by atoms with van der Waals surface area (Å²) in [4.78, 5) is 11.3. The van der Waals surface area contributed by atoms with Crippen LogP contribution in [0.4, 0.5) is 5.82 Å². The van der Waals surface area contributed by atoms with Crippen LogP contribution in [0.15, 0.2) is 22.9 Å². The second-order valence-electron chi connectivity index (χ2n) is 6.27. The Balaban J connectivity index is 1.79. The summed E-state index contributed by atoms with van der Waals surface area (Å²) in [6.45, 7) is 6.25.